The van der Waals surface area contributed by atoms with Gasteiger partial charge in [-0.15, -0.1) is 0 Å². The summed E-state index contributed by atoms with van der Waals surface area (Å²) in [5, 5.41) is 12.1. The number of para-hydroxylation sites is 1. The third-order valence-corrected chi connectivity index (χ3v) is 2.86. The maximum atomic E-state index is 8.66. The second-order valence-electron chi connectivity index (χ2n) is 5.16. The molecule has 0 amide bonds. The Labute approximate surface area is 127 Å². The Bertz CT molecular complexity index is 396. The molecule has 0 saturated carbocycles. The van der Waals surface area contributed by atoms with E-state index < -0.39 is 0 Å². The molecule has 2 N–H and O–H groups in total. The zero-order chi connectivity index (χ0) is 15.5. The summed E-state index contributed by atoms with van der Waals surface area (Å²) in [7, 11) is 1.63. The van der Waals surface area contributed by atoms with Crippen molar-refractivity contribution in [3.8, 4) is 11.5 Å². The van der Waals surface area contributed by atoms with Crippen LogP contribution < -0.4 is 14.8 Å². The van der Waals surface area contributed by atoms with Crippen LogP contribution in [0.25, 0.3) is 0 Å². The molecule has 0 bridgehead atoms. The summed E-state index contributed by atoms with van der Waals surface area (Å²) in [4.78, 5) is 0. The average Bonchev–Trinajstić information content (AvgIpc) is 2.47. The third-order valence-electron chi connectivity index (χ3n) is 2.86. The van der Waals surface area contributed by atoms with Gasteiger partial charge in [0.25, 0.3) is 0 Å². The molecule has 1 rings (SSSR count). The molecule has 5 heteroatoms. The molecule has 0 atom stereocenters. The molecule has 120 valence electrons. The molecule has 0 unspecified atom stereocenters. The van der Waals surface area contributed by atoms with Gasteiger partial charge >= 0.3 is 0 Å². The van der Waals surface area contributed by atoms with Crippen molar-refractivity contribution in [2.24, 2.45) is 5.92 Å². The minimum atomic E-state index is 0.0268. The van der Waals surface area contributed by atoms with Crippen LogP contribution in [0.1, 0.15) is 19.4 Å². The fraction of sp³-hybridized carbons (Fsp3) is 0.625. The zero-order valence-corrected chi connectivity index (χ0v) is 13.2. The van der Waals surface area contributed by atoms with Crippen LogP contribution in [0.2, 0.25) is 0 Å². The van der Waals surface area contributed by atoms with Crippen molar-refractivity contribution in [2.45, 2.75) is 20.4 Å². The Balaban J connectivity index is 2.59. The van der Waals surface area contributed by atoms with Gasteiger partial charge in [-0.1, -0.05) is 26.0 Å². The molecule has 0 aliphatic carbocycles. The number of rotatable bonds is 11. The highest BCUT2D eigenvalue weighted by atomic mass is 16.5. The predicted molar refractivity (Wildman–Crippen MR) is 82.9 cm³/mol. The largest absolute Gasteiger partial charge is 0.493 e. The van der Waals surface area contributed by atoms with Crippen LogP contribution >= 0.6 is 0 Å². The van der Waals surface area contributed by atoms with Crippen LogP contribution in [0, 0.1) is 5.92 Å². The van der Waals surface area contributed by atoms with Crippen LogP contribution in [0.5, 0.6) is 11.5 Å². The number of hydrogen-bond donors (Lipinski definition) is 2. The van der Waals surface area contributed by atoms with Crippen LogP contribution in [0.15, 0.2) is 18.2 Å². The molecule has 0 fully saturated rings. The molecule has 1 aromatic rings. The monoisotopic (exact) mass is 297 g/mol. The third kappa shape index (κ3) is 6.80. The van der Waals surface area contributed by atoms with Gasteiger partial charge in [0.2, 0.25) is 0 Å². The van der Waals surface area contributed by atoms with Crippen molar-refractivity contribution >= 4 is 0 Å². The van der Waals surface area contributed by atoms with Gasteiger partial charge in [-0.2, -0.15) is 0 Å². The molecule has 1 aromatic carbocycles. The Kier molecular flexibility index (Phi) is 8.82. The molecule has 0 radical (unpaired) electrons. The van der Waals surface area contributed by atoms with E-state index in [0.717, 1.165) is 30.2 Å². The maximum Gasteiger partial charge on any atom is 0.165 e. The van der Waals surface area contributed by atoms with Crippen LogP contribution in [0.3, 0.4) is 0 Å². The Hall–Kier alpha value is -1.30. The molecular formula is C16H27NO4. The summed E-state index contributed by atoms with van der Waals surface area (Å²) >= 11 is 0. The maximum absolute atomic E-state index is 8.66. The first-order chi connectivity index (χ1) is 10.2. The van der Waals surface area contributed by atoms with E-state index in [1.807, 2.05) is 18.2 Å². The van der Waals surface area contributed by atoms with E-state index in [4.69, 9.17) is 19.3 Å². The van der Waals surface area contributed by atoms with Crippen molar-refractivity contribution < 1.29 is 19.3 Å². The Morgan fingerprint density at radius 2 is 2.00 bits per heavy atom. The van der Waals surface area contributed by atoms with Gasteiger partial charge in [0.1, 0.15) is 6.61 Å². The lowest BCUT2D eigenvalue weighted by molar-refractivity contribution is 0.0696. The van der Waals surface area contributed by atoms with Crippen molar-refractivity contribution in [1.82, 2.24) is 5.32 Å². The van der Waals surface area contributed by atoms with Crippen molar-refractivity contribution in [1.29, 1.82) is 0 Å². The Morgan fingerprint density at radius 3 is 2.67 bits per heavy atom. The minimum Gasteiger partial charge on any atom is -0.493 e. The average molecular weight is 297 g/mol. The number of aliphatic hydroxyl groups is 1. The van der Waals surface area contributed by atoms with Crippen LogP contribution in [-0.2, 0) is 11.3 Å². The molecule has 0 heterocycles. The van der Waals surface area contributed by atoms with Gasteiger partial charge in [-0.25, -0.2) is 0 Å². The summed E-state index contributed by atoms with van der Waals surface area (Å²) in [6.07, 6.45) is 0. The van der Waals surface area contributed by atoms with Crippen molar-refractivity contribution in [3.05, 3.63) is 23.8 Å². The van der Waals surface area contributed by atoms with E-state index in [2.05, 4.69) is 19.2 Å². The lowest BCUT2D eigenvalue weighted by Crippen LogP contribution is -2.20. The summed E-state index contributed by atoms with van der Waals surface area (Å²) in [6, 6.07) is 5.87. The number of ether oxygens (including phenoxy) is 3. The van der Waals surface area contributed by atoms with Crippen molar-refractivity contribution in [3.63, 3.8) is 0 Å². The fourth-order valence-corrected chi connectivity index (χ4v) is 1.89. The van der Waals surface area contributed by atoms with Gasteiger partial charge in [0, 0.05) is 12.1 Å². The molecule has 0 aliphatic rings. The predicted octanol–water partition coefficient (Wildman–Crippen LogP) is 1.83. The van der Waals surface area contributed by atoms with Gasteiger partial charge in [-0.3, -0.25) is 0 Å². The lowest BCUT2D eigenvalue weighted by atomic mass is 10.1. The summed E-state index contributed by atoms with van der Waals surface area (Å²) in [6.45, 7) is 7.27. The van der Waals surface area contributed by atoms with Crippen LogP contribution in [-0.4, -0.2) is 45.2 Å². The van der Waals surface area contributed by atoms with Gasteiger partial charge in [0.15, 0.2) is 11.5 Å². The van der Waals surface area contributed by atoms with Crippen molar-refractivity contribution in [2.75, 3.05) is 40.1 Å². The molecular weight excluding hydrogens is 270 g/mol. The fourth-order valence-electron chi connectivity index (χ4n) is 1.89. The van der Waals surface area contributed by atoms with E-state index in [0.29, 0.717) is 25.7 Å². The zero-order valence-electron chi connectivity index (χ0n) is 13.2. The molecule has 5 nitrogen and oxygen atoms in total. The second kappa shape index (κ2) is 10.4. The van der Waals surface area contributed by atoms with Gasteiger partial charge < -0.3 is 24.6 Å². The minimum absolute atomic E-state index is 0.0268. The second-order valence-corrected chi connectivity index (χ2v) is 5.16. The van der Waals surface area contributed by atoms with Crippen LogP contribution in [0.4, 0.5) is 0 Å². The number of benzene rings is 1. The topological polar surface area (TPSA) is 60.0 Å². The van der Waals surface area contributed by atoms with Gasteiger partial charge in [0.05, 0.1) is 26.9 Å². The van der Waals surface area contributed by atoms with E-state index >= 15 is 0 Å². The first-order valence-corrected chi connectivity index (χ1v) is 7.37. The molecule has 21 heavy (non-hydrogen) atoms. The number of hydrogen-bond acceptors (Lipinski definition) is 5. The highest BCUT2D eigenvalue weighted by Gasteiger charge is 2.10. The summed E-state index contributed by atoms with van der Waals surface area (Å²) in [5.74, 6) is 2.08. The lowest BCUT2D eigenvalue weighted by Gasteiger charge is -2.16. The summed E-state index contributed by atoms with van der Waals surface area (Å²) in [5.41, 5.74) is 1.07. The number of aliphatic hydroxyl groups excluding tert-OH is 1. The molecule has 0 saturated heterocycles. The number of methoxy groups -OCH3 is 1. The smallest absolute Gasteiger partial charge is 0.165 e. The van der Waals surface area contributed by atoms with E-state index in [1.54, 1.807) is 7.11 Å². The first kappa shape index (κ1) is 17.8. The normalized spacial score (nSPS) is 10.9. The summed E-state index contributed by atoms with van der Waals surface area (Å²) < 4.78 is 16.3. The first-order valence-electron chi connectivity index (χ1n) is 7.37. The highest BCUT2D eigenvalue weighted by molar-refractivity contribution is 5.46. The molecule has 0 aromatic heterocycles. The standard InChI is InChI=1S/C16H27NO4/c1-13(2)11-17-12-14-5-4-6-15(19-3)16(14)21-10-9-20-8-7-18/h4-6,13,17-18H,7-12H2,1-3H3. The quantitative estimate of drug-likeness (QED) is 0.610. The number of nitrogens with one attached hydrogen (secondary N) is 1. The van der Waals surface area contributed by atoms with Gasteiger partial charge in [-0.05, 0) is 18.5 Å². The molecule has 0 aliphatic heterocycles. The molecule has 0 spiro atoms. The Morgan fingerprint density at radius 1 is 1.19 bits per heavy atom. The highest BCUT2D eigenvalue weighted by Crippen LogP contribution is 2.31. The van der Waals surface area contributed by atoms with E-state index in [-0.39, 0.29) is 6.61 Å². The van der Waals surface area contributed by atoms with E-state index in [1.165, 1.54) is 0 Å². The SMILES string of the molecule is COc1cccc(CNCC(C)C)c1OCCOCCO. The van der Waals surface area contributed by atoms with E-state index in [9.17, 15) is 0 Å².